The van der Waals surface area contributed by atoms with Crippen LogP contribution in [0.25, 0.3) is 11.0 Å². The molecule has 0 spiro atoms. The van der Waals surface area contributed by atoms with E-state index in [1.165, 1.54) is 17.8 Å². The molecule has 0 unspecified atom stereocenters. The van der Waals surface area contributed by atoms with Crippen LogP contribution in [0.3, 0.4) is 0 Å². The zero-order valence-electron chi connectivity index (χ0n) is 15.0. The van der Waals surface area contributed by atoms with Crippen LogP contribution in [0.5, 0.6) is 0 Å². The van der Waals surface area contributed by atoms with E-state index in [4.69, 9.17) is 0 Å². The Morgan fingerprint density at radius 1 is 1.36 bits per heavy atom. The summed E-state index contributed by atoms with van der Waals surface area (Å²) in [6.45, 7) is 0.502. The van der Waals surface area contributed by atoms with E-state index in [9.17, 15) is 18.8 Å². The molecule has 0 atom stereocenters. The van der Waals surface area contributed by atoms with Crippen LogP contribution in [0, 0.1) is 11.3 Å². The smallest absolute Gasteiger partial charge is 0.306 e. The fraction of sp³-hybridized carbons (Fsp3) is 0.350. The predicted octanol–water partition coefficient (Wildman–Crippen LogP) is 4.59. The number of alkyl halides is 2. The standard InChI is InChI=1S/C20H18F2N4OS/c21-18(22)13-10-16(12-6-7-12)24-19(14(13)11-23)28-9-3-8-26-17-5-2-1-4-15(17)25-20(26)27/h1-2,4-5,10,12,18H,3,6-9H2,(H,25,27). The highest BCUT2D eigenvalue weighted by Crippen LogP contribution is 2.42. The Morgan fingerprint density at radius 3 is 2.86 bits per heavy atom. The molecule has 5 nitrogen and oxygen atoms in total. The van der Waals surface area contributed by atoms with E-state index >= 15 is 0 Å². The van der Waals surface area contributed by atoms with Gasteiger partial charge in [-0.05, 0) is 37.5 Å². The van der Waals surface area contributed by atoms with Crippen molar-refractivity contribution >= 4 is 22.8 Å². The van der Waals surface area contributed by atoms with Crippen molar-refractivity contribution in [1.82, 2.24) is 14.5 Å². The summed E-state index contributed by atoms with van der Waals surface area (Å²) >= 11 is 1.30. The van der Waals surface area contributed by atoms with Gasteiger partial charge in [0, 0.05) is 29.5 Å². The Morgan fingerprint density at radius 2 is 2.14 bits per heavy atom. The molecule has 1 N–H and O–H groups in total. The third-order valence-corrected chi connectivity index (χ3v) is 5.89. The molecule has 2 aromatic heterocycles. The minimum atomic E-state index is -2.70. The lowest BCUT2D eigenvalue weighted by Crippen LogP contribution is -2.17. The Bertz CT molecular complexity index is 1110. The van der Waals surface area contributed by atoms with E-state index in [0.29, 0.717) is 29.4 Å². The molecule has 0 aliphatic heterocycles. The SMILES string of the molecule is N#Cc1c(C(F)F)cc(C2CC2)nc1SCCCn1c(=O)[nH]c2ccccc21. The maximum atomic E-state index is 13.4. The molecule has 0 amide bonds. The maximum Gasteiger partial charge on any atom is 0.326 e. The molecule has 4 rings (SSSR count). The molecular formula is C20H18F2N4OS. The first-order chi connectivity index (χ1) is 13.6. The van der Waals surface area contributed by atoms with Gasteiger partial charge in [0.1, 0.15) is 11.1 Å². The van der Waals surface area contributed by atoms with Crippen molar-refractivity contribution in [2.75, 3.05) is 5.75 Å². The number of rotatable bonds is 7. The van der Waals surface area contributed by atoms with E-state index in [-0.39, 0.29) is 22.7 Å². The van der Waals surface area contributed by atoms with E-state index in [2.05, 4.69) is 9.97 Å². The number of aromatic amines is 1. The van der Waals surface area contributed by atoms with E-state index < -0.39 is 6.43 Å². The van der Waals surface area contributed by atoms with Crippen LogP contribution >= 0.6 is 11.8 Å². The van der Waals surface area contributed by atoms with Crippen LogP contribution in [-0.4, -0.2) is 20.3 Å². The predicted molar refractivity (Wildman–Crippen MR) is 104 cm³/mol. The first-order valence-corrected chi connectivity index (χ1v) is 10.1. The summed E-state index contributed by atoms with van der Waals surface area (Å²) in [6, 6.07) is 10.7. The number of nitriles is 1. The molecule has 28 heavy (non-hydrogen) atoms. The van der Waals surface area contributed by atoms with Crippen LogP contribution in [0.4, 0.5) is 8.78 Å². The minimum absolute atomic E-state index is 0.0336. The summed E-state index contributed by atoms with van der Waals surface area (Å²) in [5.41, 5.74) is 1.85. The number of fused-ring (bicyclic) bond motifs is 1. The van der Waals surface area contributed by atoms with Crippen LogP contribution in [0.15, 0.2) is 40.2 Å². The molecule has 1 aliphatic carbocycles. The van der Waals surface area contributed by atoms with Gasteiger partial charge in [-0.3, -0.25) is 4.57 Å². The monoisotopic (exact) mass is 400 g/mol. The number of H-pyrrole nitrogens is 1. The first-order valence-electron chi connectivity index (χ1n) is 9.12. The second kappa shape index (κ2) is 7.76. The van der Waals surface area contributed by atoms with Gasteiger partial charge in [-0.15, -0.1) is 11.8 Å². The third kappa shape index (κ3) is 3.67. The van der Waals surface area contributed by atoms with Gasteiger partial charge in [0.15, 0.2) is 0 Å². The van der Waals surface area contributed by atoms with E-state index in [1.807, 2.05) is 30.3 Å². The largest absolute Gasteiger partial charge is 0.326 e. The van der Waals surface area contributed by atoms with Crippen molar-refractivity contribution < 1.29 is 8.78 Å². The highest BCUT2D eigenvalue weighted by Gasteiger charge is 2.29. The number of benzene rings is 1. The van der Waals surface area contributed by atoms with Gasteiger partial charge in [-0.25, -0.2) is 18.6 Å². The fourth-order valence-corrected chi connectivity index (χ4v) is 4.20. The molecule has 2 heterocycles. The van der Waals surface area contributed by atoms with Gasteiger partial charge in [-0.1, -0.05) is 12.1 Å². The number of aromatic nitrogens is 3. The summed E-state index contributed by atoms with van der Waals surface area (Å²) in [5.74, 6) is 0.805. The summed E-state index contributed by atoms with van der Waals surface area (Å²) < 4.78 is 28.5. The van der Waals surface area contributed by atoms with Crippen molar-refractivity contribution in [3.05, 3.63) is 57.6 Å². The van der Waals surface area contributed by atoms with Crippen molar-refractivity contribution in [3.8, 4) is 6.07 Å². The lowest BCUT2D eigenvalue weighted by molar-refractivity contribution is 0.150. The van der Waals surface area contributed by atoms with Crippen LogP contribution in [0.2, 0.25) is 0 Å². The summed E-state index contributed by atoms with van der Waals surface area (Å²) in [4.78, 5) is 19.4. The Hall–Kier alpha value is -2.66. The van der Waals surface area contributed by atoms with Crippen molar-refractivity contribution in [3.63, 3.8) is 0 Å². The second-order valence-corrected chi connectivity index (χ2v) is 7.89. The second-order valence-electron chi connectivity index (χ2n) is 6.80. The zero-order chi connectivity index (χ0) is 19.7. The fourth-order valence-electron chi connectivity index (χ4n) is 3.26. The average molecular weight is 400 g/mol. The molecule has 8 heteroatoms. The van der Waals surface area contributed by atoms with Gasteiger partial charge in [-0.2, -0.15) is 5.26 Å². The highest BCUT2D eigenvalue weighted by atomic mass is 32.2. The maximum absolute atomic E-state index is 13.4. The number of hydrogen-bond acceptors (Lipinski definition) is 4. The zero-order valence-corrected chi connectivity index (χ0v) is 15.8. The van der Waals surface area contributed by atoms with Gasteiger partial charge in [0.2, 0.25) is 0 Å². The number of hydrogen-bond donors (Lipinski definition) is 1. The molecular weight excluding hydrogens is 382 g/mol. The molecule has 1 saturated carbocycles. The van der Waals surface area contributed by atoms with Crippen molar-refractivity contribution in [2.24, 2.45) is 0 Å². The molecule has 1 aliphatic rings. The lowest BCUT2D eigenvalue weighted by Gasteiger charge is -2.11. The van der Waals surface area contributed by atoms with Crippen LogP contribution in [0.1, 0.15) is 48.4 Å². The van der Waals surface area contributed by atoms with Gasteiger partial charge >= 0.3 is 5.69 Å². The number of para-hydroxylation sites is 2. The molecule has 0 radical (unpaired) electrons. The minimum Gasteiger partial charge on any atom is -0.306 e. The topological polar surface area (TPSA) is 74.5 Å². The number of halogens is 2. The van der Waals surface area contributed by atoms with Crippen molar-refractivity contribution in [1.29, 1.82) is 5.26 Å². The Balaban J connectivity index is 1.49. The van der Waals surface area contributed by atoms with Gasteiger partial charge < -0.3 is 4.98 Å². The third-order valence-electron chi connectivity index (χ3n) is 4.83. The normalized spacial score (nSPS) is 13.9. The number of aryl methyl sites for hydroxylation is 1. The molecule has 0 bridgehead atoms. The number of thioether (sulfide) groups is 1. The molecule has 144 valence electrons. The van der Waals surface area contributed by atoms with Gasteiger partial charge in [0.05, 0.1) is 16.6 Å². The van der Waals surface area contributed by atoms with Gasteiger partial charge in [0.25, 0.3) is 6.43 Å². The number of pyridine rings is 1. The van der Waals surface area contributed by atoms with E-state index in [0.717, 1.165) is 23.9 Å². The molecule has 0 saturated heterocycles. The van der Waals surface area contributed by atoms with E-state index in [1.54, 1.807) is 4.57 Å². The Labute approximate surface area is 164 Å². The van der Waals surface area contributed by atoms with Crippen molar-refractivity contribution in [2.45, 2.75) is 43.2 Å². The van der Waals surface area contributed by atoms with Crippen LogP contribution < -0.4 is 5.69 Å². The quantitative estimate of drug-likeness (QED) is 0.465. The number of nitrogens with one attached hydrogen (secondary N) is 1. The summed E-state index contributed by atoms with van der Waals surface area (Å²) in [5, 5.41) is 9.74. The lowest BCUT2D eigenvalue weighted by atomic mass is 10.1. The summed E-state index contributed by atoms with van der Waals surface area (Å²) in [7, 11) is 0. The Kier molecular flexibility index (Phi) is 5.18. The van der Waals surface area contributed by atoms with Crippen LogP contribution in [-0.2, 0) is 6.54 Å². The molecule has 3 aromatic rings. The summed E-state index contributed by atoms with van der Waals surface area (Å²) in [6.07, 6.45) is -0.139. The molecule has 1 fully saturated rings. The molecule has 1 aromatic carbocycles. The average Bonchev–Trinajstić information content (AvgIpc) is 3.48. The number of nitrogens with zero attached hydrogens (tertiary/aromatic N) is 3. The first kappa shape index (κ1) is 18.7. The highest BCUT2D eigenvalue weighted by molar-refractivity contribution is 7.99. The number of imidazole rings is 1.